The van der Waals surface area contributed by atoms with E-state index in [1.807, 2.05) is 24.3 Å². The molecule has 1 aliphatic heterocycles. The second-order valence-corrected chi connectivity index (χ2v) is 6.11. The third-order valence-corrected chi connectivity index (χ3v) is 4.08. The van der Waals surface area contributed by atoms with Crippen LogP contribution < -0.4 is 10.6 Å². The maximum absolute atomic E-state index is 6.06. The molecule has 1 aromatic heterocycles. The number of nitrogens with zero attached hydrogens (tertiary/aromatic N) is 3. The minimum absolute atomic E-state index is 0.0788. The van der Waals surface area contributed by atoms with Crippen molar-refractivity contribution in [1.82, 2.24) is 9.97 Å². The number of nitrogens with two attached hydrogens (primary N) is 1. The molecule has 1 aromatic carbocycles. The van der Waals surface area contributed by atoms with Crippen molar-refractivity contribution >= 4 is 35.0 Å². The van der Waals surface area contributed by atoms with E-state index in [4.69, 9.17) is 33.7 Å². The first-order valence-electron chi connectivity index (χ1n) is 6.96. The van der Waals surface area contributed by atoms with Crippen LogP contribution >= 0.6 is 23.2 Å². The molecule has 2 unspecified atom stereocenters. The van der Waals surface area contributed by atoms with Crippen molar-refractivity contribution in [2.75, 3.05) is 23.8 Å². The molecular formula is C15H16Cl2N4O. The average Bonchev–Trinajstić information content (AvgIpc) is 2.46. The molecule has 2 N–H and O–H groups in total. The Bertz CT molecular complexity index is 662. The fourth-order valence-corrected chi connectivity index (χ4v) is 2.94. The summed E-state index contributed by atoms with van der Waals surface area (Å²) in [5, 5.41) is 1.03. The lowest BCUT2D eigenvalue weighted by Gasteiger charge is -2.39. The lowest BCUT2D eigenvalue weighted by Crippen LogP contribution is -2.45. The monoisotopic (exact) mass is 338 g/mol. The zero-order valence-corrected chi connectivity index (χ0v) is 13.6. The van der Waals surface area contributed by atoms with Gasteiger partial charge in [-0.3, -0.25) is 0 Å². The SMILES string of the molecule is CC1COC(c2cccc(Cl)c2)CN1c1cc(Cl)nc(N)n1. The molecule has 0 amide bonds. The van der Waals surface area contributed by atoms with E-state index >= 15 is 0 Å². The summed E-state index contributed by atoms with van der Waals surface area (Å²) in [6.45, 7) is 3.30. The van der Waals surface area contributed by atoms with Gasteiger partial charge in [0.25, 0.3) is 0 Å². The molecule has 0 radical (unpaired) electrons. The molecule has 1 aliphatic rings. The van der Waals surface area contributed by atoms with E-state index in [0.717, 1.165) is 5.56 Å². The Kier molecular flexibility index (Phi) is 4.38. The van der Waals surface area contributed by atoms with Gasteiger partial charge >= 0.3 is 0 Å². The second-order valence-electron chi connectivity index (χ2n) is 5.29. The third-order valence-electron chi connectivity index (χ3n) is 3.65. The Morgan fingerprint density at radius 3 is 2.82 bits per heavy atom. The smallest absolute Gasteiger partial charge is 0.223 e. The molecule has 2 atom stereocenters. The minimum atomic E-state index is -0.0788. The van der Waals surface area contributed by atoms with Crippen molar-refractivity contribution < 1.29 is 4.74 Å². The molecule has 0 bridgehead atoms. The van der Waals surface area contributed by atoms with Gasteiger partial charge in [0.1, 0.15) is 17.1 Å². The molecule has 0 saturated carbocycles. The molecule has 3 rings (SSSR count). The number of morpholine rings is 1. The number of hydrogen-bond donors (Lipinski definition) is 1. The highest BCUT2D eigenvalue weighted by molar-refractivity contribution is 6.30. The summed E-state index contributed by atoms with van der Waals surface area (Å²) >= 11 is 12.0. The van der Waals surface area contributed by atoms with Gasteiger partial charge in [0.15, 0.2) is 0 Å². The zero-order chi connectivity index (χ0) is 15.7. The van der Waals surface area contributed by atoms with E-state index in [2.05, 4.69) is 21.8 Å². The van der Waals surface area contributed by atoms with Crippen LogP contribution in [0.15, 0.2) is 30.3 Å². The molecule has 0 aliphatic carbocycles. The maximum Gasteiger partial charge on any atom is 0.223 e. The van der Waals surface area contributed by atoms with Gasteiger partial charge in [-0.15, -0.1) is 0 Å². The molecule has 2 heterocycles. The number of anilines is 2. The summed E-state index contributed by atoms with van der Waals surface area (Å²) in [7, 11) is 0. The van der Waals surface area contributed by atoms with Crippen molar-refractivity contribution in [3.8, 4) is 0 Å². The van der Waals surface area contributed by atoms with E-state index in [1.54, 1.807) is 6.07 Å². The maximum atomic E-state index is 6.06. The van der Waals surface area contributed by atoms with Crippen LogP contribution in [0, 0.1) is 0 Å². The van der Waals surface area contributed by atoms with Gasteiger partial charge in [-0.2, -0.15) is 4.98 Å². The molecule has 22 heavy (non-hydrogen) atoms. The van der Waals surface area contributed by atoms with Crippen LogP contribution in [-0.4, -0.2) is 29.2 Å². The van der Waals surface area contributed by atoms with Crippen LogP contribution in [0.1, 0.15) is 18.6 Å². The quantitative estimate of drug-likeness (QED) is 0.851. The van der Waals surface area contributed by atoms with Crippen LogP contribution in [0.5, 0.6) is 0 Å². The molecule has 5 nitrogen and oxygen atoms in total. The number of aromatic nitrogens is 2. The Labute approximate surface area is 139 Å². The van der Waals surface area contributed by atoms with Crippen molar-refractivity contribution in [1.29, 1.82) is 0 Å². The first-order valence-corrected chi connectivity index (χ1v) is 7.72. The highest BCUT2D eigenvalue weighted by Gasteiger charge is 2.28. The number of benzene rings is 1. The number of halogens is 2. The Balaban J connectivity index is 1.87. The van der Waals surface area contributed by atoms with E-state index in [-0.39, 0.29) is 18.1 Å². The van der Waals surface area contributed by atoms with Gasteiger partial charge in [-0.05, 0) is 24.6 Å². The highest BCUT2D eigenvalue weighted by Crippen LogP contribution is 2.30. The molecular weight excluding hydrogens is 323 g/mol. The fourth-order valence-electron chi connectivity index (χ4n) is 2.55. The van der Waals surface area contributed by atoms with Crippen LogP contribution in [0.2, 0.25) is 10.2 Å². The van der Waals surface area contributed by atoms with Crippen LogP contribution in [-0.2, 0) is 4.74 Å². The standard InChI is InChI=1S/C15H16Cl2N4O/c1-9-8-22-12(10-3-2-4-11(16)5-10)7-21(9)14-6-13(17)19-15(18)20-14/h2-6,9,12H,7-8H2,1H3,(H2,18,19,20). The minimum Gasteiger partial charge on any atom is -0.370 e. The number of ether oxygens (including phenoxy) is 1. The van der Waals surface area contributed by atoms with Gasteiger partial charge in [0.2, 0.25) is 5.95 Å². The summed E-state index contributed by atoms with van der Waals surface area (Å²) in [6.07, 6.45) is -0.0788. The average molecular weight is 339 g/mol. The van der Waals surface area contributed by atoms with Crippen molar-refractivity contribution in [2.24, 2.45) is 0 Å². The van der Waals surface area contributed by atoms with E-state index in [0.29, 0.717) is 29.1 Å². The van der Waals surface area contributed by atoms with E-state index in [9.17, 15) is 0 Å². The van der Waals surface area contributed by atoms with Gasteiger partial charge in [0.05, 0.1) is 19.2 Å². The van der Waals surface area contributed by atoms with Crippen LogP contribution in [0.25, 0.3) is 0 Å². The van der Waals surface area contributed by atoms with Crippen LogP contribution in [0.3, 0.4) is 0 Å². The Morgan fingerprint density at radius 1 is 1.27 bits per heavy atom. The predicted octanol–water partition coefficient (Wildman–Crippen LogP) is 3.33. The fraction of sp³-hybridized carbons (Fsp3) is 0.333. The summed E-state index contributed by atoms with van der Waals surface area (Å²) in [4.78, 5) is 10.3. The Morgan fingerprint density at radius 2 is 2.09 bits per heavy atom. The normalized spacial score (nSPS) is 21.9. The highest BCUT2D eigenvalue weighted by atomic mass is 35.5. The largest absolute Gasteiger partial charge is 0.370 e. The summed E-state index contributed by atoms with van der Waals surface area (Å²) < 4.78 is 5.94. The van der Waals surface area contributed by atoms with Gasteiger partial charge in [0, 0.05) is 11.1 Å². The molecule has 2 aromatic rings. The lowest BCUT2D eigenvalue weighted by atomic mass is 10.1. The zero-order valence-electron chi connectivity index (χ0n) is 12.0. The number of hydrogen-bond acceptors (Lipinski definition) is 5. The van der Waals surface area contributed by atoms with Crippen molar-refractivity contribution in [2.45, 2.75) is 19.1 Å². The topological polar surface area (TPSA) is 64.3 Å². The molecule has 116 valence electrons. The van der Waals surface area contributed by atoms with Crippen molar-refractivity contribution in [3.63, 3.8) is 0 Å². The van der Waals surface area contributed by atoms with Gasteiger partial charge in [-0.25, -0.2) is 4.98 Å². The number of rotatable bonds is 2. The van der Waals surface area contributed by atoms with Gasteiger partial charge < -0.3 is 15.4 Å². The van der Waals surface area contributed by atoms with Gasteiger partial charge in [-0.1, -0.05) is 35.3 Å². The van der Waals surface area contributed by atoms with E-state index < -0.39 is 0 Å². The molecule has 1 fully saturated rings. The lowest BCUT2D eigenvalue weighted by molar-refractivity contribution is 0.0212. The van der Waals surface area contributed by atoms with Crippen LogP contribution in [0.4, 0.5) is 11.8 Å². The summed E-state index contributed by atoms with van der Waals surface area (Å²) in [5.41, 5.74) is 6.73. The molecule has 1 saturated heterocycles. The summed E-state index contributed by atoms with van der Waals surface area (Å²) in [5.74, 6) is 0.876. The van der Waals surface area contributed by atoms with Crippen molar-refractivity contribution in [3.05, 3.63) is 46.1 Å². The molecule has 7 heteroatoms. The first-order chi connectivity index (χ1) is 10.5. The Hall–Kier alpha value is -1.56. The second kappa shape index (κ2) is 6.28. The predicted molar refractivity (Wildman–Crippen MR) is 88.4 cm³/mol. The molecule has 0 spiro atoms. The third kappa shape index (κ3) is 3.27. The summed E-state index contributed by atoms with van der Waals surface area (Å²) in [6, 6.07) is 9.57. The first kappa shape index (κ1) is 15.3. The number of nitrogen functional groups attached to an aromatic ring is 1. The van der Waals surface area contributed by atoms with E-state index in [1.165, 1.54) is 0 Å².